The van der Waals surface area contributed by atoms with Crippen LogP contribution in [0.4, 0.5) is 0 Å². The molecule has 0 atom stereocenters. The second-order valence-electron chi connectivity index (χ2n) is 4.72. The molecule has 3 rings (SSSR count). The van der Waals surface area contributed by atoms with Gasteiger partial charge in [0.2, 0.25) is 0 Å². The molecule has 1 aromatic heterocycles. The van der Waals surface area contributed by atoms with E-state index in [-0.39, 0.29) is 6.61 Å². The highest BCUT2D eigenvalue weighted by molar-refractivity contribution is 5.90. The van der Waals surface area contributed by atoms with Gasteiger partial charge in [-0.25, -0.2) is 0 Å². The number of H-pyrrole nitrogens is 1. The topological polar surface area (TPSA) is 36.0 Å². The van der Waals surface area contributed by atoms with Crippen LogP contribution in [0.25, 0.3) is 22.2 Å². The molecule has 3 aromatic rings. The summed E-state index contributed by atoms with van der Waals surface area (Å²) >= 11 is 0. The van der Waals surface area contributed by atoms with E-state index >= 15 is 0 Å². The van der Waals surface area contributed by atoms with Crippen molar-refractivity contribution in [3.8, 4) is 11.3 Å². The quantitative estimate of drug-likeness (QED) is 0.727. The Kier molecular flexibility index (Phi) is 3.34. The van der Waals surface area contributed by atoms with Crippen LogP contribution in [0.3, 0.4) is 0 Å². The fourth-order valence-electron chi connectivity index (χ4n) is 2.57. The average Bonchev–Trinajstić information content (AvgIpc) is 2.85. The molecule has 0 unspecified atom stereocenters. The van der Waals surface area contributed by atoms with Gasteiger partial charge in [0.1, 0.15) is 0 Å². The molecule has 0 radical (unpaired) electrons. The number of hydrogen-bond donors (Lipinski definition) is 2. The summed E-state index contributed by atoms with van der Waals surface area (Å²) in [6, 6.07) is 18.7. The van der Waals surface area contributed by atoms with E-state index in [0.29, 0.717) is 0 Å². The van der Waals surface area contributed by atoms with Crippen molar-refractivity contribution in [2.24, 2.45) is 0 Å². The predicted molar refractivity (Wildman–Crippen MR) is 79.1 cm³/mol. The molecule has 0 aliphatic heterocycles. The third-order valence-corrected chi connectivity index (χ3v) is 3.46. The van der Waals surface area contributed by atoms with Gasteiger partial charge in [-0.05, 0) is 30.0 Å². The van der Waals surface area contributed by atoms with Crippen LogP contribution in [0.5, 0.6) is 0 Å². The van der Waals surface area contributed by atoms with Crippen LogP contribution >= 0.6 is 0 Å². The first-order valence-corrected chi connectivity index (χ1v) is 6.66. The molecule has 0 saturated heterocycles. The van der Waals surface area contributed by atoms with Crippen molar-refractivity contribution >= 4 is 10.9 Å². The Balaban J connectivity index is 2.17. The minimum Gasteiger partial charge on any atom is -0.396 e. The molecule has 19 heavy (non-hydrogen) atoms. The molecule has 0 aliphatic carbocycles. The van der Waals surface area contributed by atoms with Crippen molar-refractivity contribution in [2.45, 2.75) is 12.8 Å². The number of aromatic amines is 1. The van der Waals surface area contributed by atoms with Gasteiger partial charge in [-0.3, -0.25) is 0 Å². The lowest BCUT2D eigenvalue weighted by molar-refractivity contribution is 0.289. The Bertz CT molecular complexity index is 670. The molecule has 0 spiro atoms. The summed E-state index contributed by atoms with van der Waals surface area (Å²) in [5, 5.41) is 10.3. The Morgan fingerprint density at radius 3 is 2.42 bits per heavy atom. The Labute approximate surface area is 112 Å². The number of hydrogen-bond acceptors (Lipinski definition) is 1. The van der Waals surface area contributed by atoms with Crippen LogP contribution in [0.2, 0.25) is 0 Å². The maximum absolute atomic E-state index is 9.09. The second kappa shape index (κ2) is 5.29. The van der Waals surface area contributed by atoms with Crippen molar-refractivity contribution < 1.29 is 5.11 Å². The molecular weight excluding hydrogens is 234 g/mol. The second-order valence-corrected chi connectivity index (χ2v) is 4.72. The van der Waals surface area contributed by atoms with E-state index in [1.54, 1.807) is 0 Å². The van der Waals surface area contributed by atoms with Crippen LogP contribution in [0, 0.1) is 0 Å². The van der Waals surface area contributed by atoms with Crippen LogP contribution in [-0.4, -0.2) is 16.7 Å². The number of para-hydroxylation sites is 1. The van der Waals surface area contributed by atoms with Crippen molar-refractivity contribution in [1.29, 1.82) is 0 Å². The number of benzene rings is 2. The van der Waals surface area contributed by atoms with E-state index < -0.39 is 0 Å². The van der Waals surface area contributed by atoms with Crippen molar-refractivity contribution in [2.75, 3.05) is 6.61 Å². The van der Waals surface area contributed by atoms with Gasteiger partial charge in [0.05, 0.1) is 0 Å². The highest BCUT2D eigenvalue weighted by Crippen LogP contribution is 2.31. The van der Waals surface area contributed by atoms with Crippen LogP contribution in [-0.2, 0) is 6.42 Å². The Morgan fingerprint density at radius 2 is 1.63 bits per heavy atom. The summed E-state index contributed by atoms with van der Waals surface area (Å²) in [7, 11) is 0. The van der Waals surface area contributed by atoms with Gasteiger partial charge in [0.15, 0.2) is 0 Å². The number of aliphatic hydroxyl groups is 1. The van der Waals surface area contributed by atoms with Gasteiger partial charge >= 0.3 is 0 Å². The fraction of sp³-hybridized carbons (Fsp3) is 0.176. The highest BCUT2D eigenvalue weighted by Gasteiger charge is 2.11. The van der Waals surface area contributed by atoms with Crippen LogP contribution in [0.15, 0.2) is 54.6 Å². The first kappa shape index (κ1) is 12.0. The first-order chi connectivity index (χ1) is 9.40. The summed E-state index contributed by atoms with van der Waals surface area (Å²) < 4.78 is 0. The maximum Gasteiger partial charge on any atom is 0.0497 e. The SMILES string of the molecule is OCCCc1c(-c2ccccc2)[nH]c2ccccc12. The van der Waals surface area contributed by atoms with E-state index in [1.165, 1.54) is 22.2 Å². The summed E-state index contributed by atoms with van der Waals surface area (Å²) in [5.41, 5.74) is 4.84. The van der Waals surface area contributed by atoms with Crippen molar-refractivity contribution in [3.05, 3.63) is 60.2 Å². The van der Waals surface area contributed by atoms with E-state index in [0.717, 1.165) is 18.4 Å². The van der Waals surface area contributed by atoms with Gasteiger partial charge in [-0.1, -0.05) is 48.5 Å². The average molecular weight is 251 g/mol. The summed E-state index contributed by atoms with van der Waals surface area (Å²) in [4.78, 5) is 3.51. The minimum atomic E-state index is 0.230. The Morgan fingerprint density at radius 1 is 0.895 bits per heavy atom. The van der Waals surface area contributed by atoms with Gasteiger partial charge in [0.25, 0.3) is 0 Å². The van der Waals surface area contributed by atoms with Gasteiger partial charge < -0.3 is 10.1 Å². The highest BCUT2D eigenvalue weighted by atomic mass is 16.2. The number of aryl methyl sites for hydroxylation is 1. The number of fused-ring (bicyclic) bond motifs is 1. The molecule has 2 nitrogen and oxygen atoms in total. The molecule has 2 N–H and O–H groups in total. The lowest BCUT2D eigenvalue weighted by atomic mass is 10.0. The molecule has 0 saturated carbocycles. The zero-order valence-corrected chi connectivity index (χ0v) is 10.8. The molecule has 1 heterocycles. The first-order valence-electron chi connectivity index (χ1n) is 6.66. The zero-order chi connectivity index (χ0) is 13.1. The number of aliphatic hydroxyl groups excluding tert-OH is 1. The molecule has 0 bridgehead atoms. The largest absolute Gasteiger partial charge is 0.396 e. The van der Waals surface area contributed by atoms with Gasteiger partial charge in [-0.15, -0.1) is 0 Å². The molecule has 2 aromatic carbocycles. The summed E-state index contributed by atoms with van der Waals surface area (Å²) in [6.07, 6.45) is 1.69. The monoisotopic (exact) mass is 251 g/mol. The van der Waals surface area contributed by atoms with E-state index in [9.17, 15) is 0 Å². The third kappa shape index (κ3) is 2.27. The molecule has 2 heteroatoms. The molecule has 0 aliphatic rings. The lowest BCUT2D eigenvalue weighted by Crippen LogP contribution is -1.91. The fourth-order valence-corrected chi connectivity index (χ4v) is 2.57. The summed E-state index contributed by atoms with van der Waals surface area (Å²) in [5.74, 6) is 0. The van der Waals surface area contributed by atoms with Crippen LogP contribution in [0.1, 0.15) is 12.0 Å². The van der Waals surface area contributed by atoms with Crippen molar-refractivity contribution in [3.63, 3.8) is 0 Å². The number of nitrogens with one attached hydrogen (secondary N) is 1. The van der Waals surface area contributed by atoms with E-state index in [4.69, 9.17) is 5.11 Å². The standard InChI is InChI=1S/C17H17NO/c19-12-6-10-15-14-9-4-5-11-16(14)18-17(15)13-7-2-1-3-8-13/h1-5,7-9,11,18-19H,6,10,12H2. The van der Waals surface area contributed by atoms with Gasteiger partial charge in [-0.2, -0.15) is 0 Å². The lowest BCUT2D eigenvalue weighted by Gasteiger charge is -2.04. The summed E-state index contributed by atoms with van der Waals surface area (Å²) in [6.45, 7) is 0.230. The number of aromatic nitrogens is 1. The van der Waals surface area contributed by atoms with E-state index in [2.05, 4.69) is 47.4 Å². The van der Waals surface area contributed by atoms with Crippen molar-refractivity contribution in [1.82, 2.24) is 4.98 Å². The number of rotatable bonds is 4. The normalized spacial score (nSPS) is 11.0. The van der Waals surface area contributed by atoms with E-state index in [1.807, 2.05) is 12.1 Å². The molecular formula is C17H17NO. The molecule has 0 fully saturated rings. The predicted octanol–water partition coefficient (Wildman–Crippen LogP) is 3.76. The Hall–Kier alpha value is -2.06. The smallest absolute Gasteiger partial charge is 0.0497 e. The third-order valence-electron chi connectivity index (χ3n) is 3.46. The molecule has 0 amide bonds. The van der Waals surface area contributed by atoms with Crippen LogP contribution < -0.4 is 0 Å². The zero-order valence-electron chi connectivity index (χ0n) is 10.8. The minimum absolute atomic E-state index is 0.230. The maximum atomic E-state index is 9.09. The molecule has 96 valence electrons. The van der Waals surface area contributed by atoms with Gasteiger partial charge in [0, 0.05) is 23.2 Å².